The maximum atomic E-state index is 8.48. The van der Waals surface area contributed by atoms with Crippen molar-refractivity contribution < 1.29 is 4.74 Å². The third kappa shape index (κ3) is 3.75. The highest BCUT2D eigenvalue weighted by Gasteiger charge is 2.16. The Morgan fingerprint density at radius 3 is 2.55 bits per heavy atom. The number of rotatable bonds is 6. The fourth-order valence-corrected chi connectivity index (χ4v) is 2.93. The van der Waals surface area contributed by atoms with Gasteiger partial charge in [-0.15, -0.1) is 11.3 Å². The first-order valence-electron chi connectivity index (χ1n) is 6.60. The second-order valence-corrected chi connectivity index (χ2v) is 5.83. The van der Waals surface area contributed by atoms with Crippen LogP contribution in [0.5, 0.6) is 5.75 Å². The molecule has 1 heterocycles. The molecule has 0 fully saturated rings. The molecule has 3 nitrogen and oxygen atoms in total. The van der Waals surface area contributed by atoms with Gasteiger partial charge in [0, 0.05) is 10.6 Å². The minimum atomic E-state index is 0.0800. The SMILES string of the molecule is CC(C)C(Nc1ccc(OCC#N)cc1)c1cccs1. The lowest BCUT2D eigenvalue weighted by Gasteiger charge is -2.22. The summed E-state index contributed by atoms with van der Waals surface area (Å²) in [5, 5.41) is 14.1. The number of nitrogens with zero attached hydrogens (tertiary/aromatic N) is 1. The first kappa shape index (κ1) is 14.4. The monoisotopic (exact) mass is 286 g/mol. The molecule has 104 valence electrons. The highest BCUT2D eigenvalue weighted by molar-refractivity contribution is 7.10. The van der Waals surface area contributed by atoms with E-state index in [1.54, 1.807) is 11.3 Å². The van der Waals surface area contributed by atoms with Gasteiger partial charge in [-0.2, -0.15) is 5.26 Å². The number of benzene rings is 1. The van der Waals surface area contributed by atoms with Crippen LogP contribution in [0.15, 0.2) is 41.8 Å². The smallest absolute Gasteiger partial charge is 0.174 e. The van der Waals surface area contributed by atoms with Crippen LogP contribution in [-0.4, -0.2) is 6.61 Å². The first-order valence-corrected chi connectivity index (χ1v) is 7.48. The molecule has 0 aliphatic heterocycles. The maximum absolute atomic E-state index is 8.48. The van der Waals surface area contributed by atoms with Crippen molar-refractivity contribution in [3.63, 3.8) is 0 Å². The van der Waals surface area contributed by atoms with E-state index < -0.39 is 0 Å². The number of anilines is 1. The van der Waals surface area contributed by atoms with Crippen molar-refractivity contribution in [2.24, 2.45) is 5.92 Å². The lowest BCUT2D eigenvalue weighted by Crippen LogP contribution is -2.15. The average Bonchev–Trinajstić information content (AvgIpc) is 2.97. The van der Waals surface area contributed by atoms with Crippen molar-refractivity contribution in [1.82, 2.24) is 0 Å². The van der Waals surface area contributed by atoms with Crippen LogP contribution in [0.3, 0.4) is 0 Å². The summed E-state index contributed by atoms with van der Waals surface area (Å²) in [4.78, 5) is 1.34. The fourth-order valence-electron chi connectivity index (χ4n) is 1.98. The lowest BCUT2D eigenvalue weighted by molar-refractivity contribution is 0.368. The van der Waals surface area contributed by atoms with E-state index >= 15 is 0 Å². The highest BCUT2D eigenvalue weighted by atomic mass is 32.1. The Labute approximate surface area is 123 Å². The van der Waals surface area contributed by atoms with E-state index in [2.05, 4.69) is 36.7 Å². The molecule has 0 amide bonds. The van der Waals surface area contributed by atoms with Crippen LogP contribution in [0.25, 0.3) is 0 Å². The van der Waals surface area contributed by atoms with Gasteiger partial charge < -0.3 is 10.1 Å². The Kier molecular flexibility index (Phi) is 5.03. The minimum absolute atomic E-state index is 0.0800. The number of ether oxygens (including phenoxy) is 1. The van der Waals surface area contributed by atoms with Crippen LogP contribution >= 0.6 is 11.3 Å². The van der Waals surface area contributed by atoms with Gasteiger partial charge in [0.2, 0.25) is 0 Å². The Balaban J connectivity index is 2.06. The highest BCUT2D eigenvalue weighted by Crippen LogP contribution is 2.30. The Morgan fingerprint density at radius 2 is 2.00 bits per heavy atom. The minimum Gasteiger partial charge on any atom is -0.479 e. The molecule has 1 aromatic carbocycles. The van der Waals surface area contributed by atoms with Crippen LogP contribution in [0, 0.1) is 17.2 Å². The van der Waals surface area contributed by atoms with E-state index in [-0.39, 0.29) is 6.61 Å². The van der Waals surface area contributed by atoms with Gasteiger partial charge >= 0.3 is 0 Å². The Hall–Kier alpha value is -1.99. The topological polar surface area (TPSA) is 45.0 Å². The summed E-state index contributed by atoms with van der Waals surface area (Å²) in [6.07, 6.45) is 0. The van der Waals surface area contributed by atoms with Crippen LogP contribution in [0.1, 0.15) is 24.8 Å². The molecule has 1 N–H and O–H groups in total. The molecule has 4 heteroatoms. The number of nitriles is 1. The zero-order valence-electron chi connectivity index (χ0n) is 11.7. The van der Waals surface area contributed by atoms with Crippen molar-refractivity contribution >= 4 is 17.0 Å². The zero-order chi connectivity index (χ0) is 14.4. The van der Waals surface area contributed by atoms with E-state index in [1.807, 2.05) is 30.3 Å². The van der Waals surface area contributed by atoms with Gasteiger partial charge in [0.1, 0.15) is 11.8 Å². The third-order valence-electron chi connectivity index (χ3n) is 3.00. The van der Waals surface area contributed by atoms with Gasteiger partial charge in [0.15, 0.2) is 6.61 Å². The summed E-state index contributed by atoms with van der Waals surface area (Å²) in [6, 6.07) is 14.2. The number of nitrogens with one attached hydrogen (secondary N) is 1. The molecule has 0 aliphatic carbocycles. The quantitative estimate of drug-likeness (QED) is 0.852. The van der Waals surface area contributed by atoms with E-state index in [0.717, 1.165) is 5.69 Å². The van der Waals surface area contributed by atoms with E-state index in [1.165, 1.54) is 4.88 Å². The summed E-state index contributed by atoms with van der Waals surface area (Å²) < 4.78 is 5.25. The van der Waals surface area contributed by atoms with Crippen molar-refractivity contribution in [2.45, 2.75) is 19.9 Å². The molecule has 2 rings (SSSR count). The summed E-state index contributed by atoms with van der Waals surface area (Å²) in [5.74, 6) is 1.22. The number of thiophene rings is 1. The van der Waals surface area contributed by atoms with Gasteiger partial charge in [-0.3, -0.25) is 0 Å². The molecule has 0 aliphatic rings. The molecule has 0 saturated heterocycles. The van der Waals surface area contributed by atoms with Crippen LogP contribution < -0.4 is 10.1 Å². The number of hydrogen-bond acceptors (Lipinski definition) is 4. The summed E-state index contributed by atoms with van der Waals surface area (Å²) in [7, 11) is 0. The van der Waals surface area contributed by atoms with Crippen molar-refractivity contribution in [2.75, 3.05) is 11.9 Å². The van der Waals surface area contributed by atoms with Crippen LogP contribution in [0.2, 0.25) is 0 Å². The van der Waals surface area contributed by atoms with Crippen molar-refractivity contribution in [3.05, 3.63) is 46.7 Å². The molecule has 0 spiro atoms. The zero-order valence-corrected chi connectivity index (χ0v) is 12.5. The molecule has 1 unspecified atom stereocenters. The Morgan fingerprint density at radius 1 is 1.25 bits per heavy atom. The molecule has 1 atom stereocenters. The normalized spacial score (nSPS) is 11.9. The molecule has 0 saturated carbocycles. The lowest BCUT2D eigenvalue weighted by atomic mass is 10.0. The summed E-state index contributed by atoms with van der Waals surface area (Å²) in [5.41, 5.74) is 1.06. The van der Waals surface area contributed by atoms with Gasteiger partial charge in [0.05, 0.1) is 6.04 Å². The maximum Gasteiger partial charge on any atom is 0.174 e. The third-order valence-corrected chi connectivity index (χ3v) is 3.95. The van der Waals surface area contributed by atoms with Crippen molar-refractivity contribution in [3.8, 4) is 11.8 Å². The molecular weight excluding hydrogens is 268 g/mol. The average molecular weight is 286 g/mol. The Bertz CT molecular complexity index is 555. The predicted octanol–water partition coefficient (Wildman–Crippen LogP) is 4.46. The standard InChI is InChI=1S/C16H18N2OS/c1-12(2)16(15-4-3-11-20-15)18-13-5-7-14(8-6-13)19-10-9-17/h3-8,11-12,16,18H,10H2,1-2H3. The molecule has 1 aromatic heterocycles. The van der Waals surface area contributed by atoms with Gasteiger partial charge in [-0.1, -0.05) is 19.9 Å². The molecule has 0 radical (unpaired) electrons. The summed E-state index contributed by atoms with van der Waals surface area (Å²) in [6.45, 7) is 4.50. The fraction of sp³-hybridized carbons (Fsp3) is 0.312. The van der Waals surface area contributed by atoms with E-state index in [4.69, 9.17) is 10.00 Å². The second kappa shape index (κ2) is 6.97. The van der Waals surface area contributed by atoms with Gasteiger partial charge in [0.25, 0.3) is 0 Å². The molecule has 2 aromatic rings. The summed E-state index contributed by atoms with van der Waals surface area (Å²) >= 11 is 1.77. The largest absolute Gasteiger partial charge is 0.479 e. The second-order valence-electron chi connectivity index (χ2n) is 4.85. The van der Waals surface area contributed by atoms with E-state index in [0.29, 0.717) is 17.7 Å². The van der Waals surface area contributed by atoms with Gasteiger partial charge in [-0.25, -0.2) is 0 Å². The van der Waals surface area contributed by atoms with Crippen molar-refractivity contribution in [1.29, 1.82) is 5.26 Å². The number of hydrogen-bond donors (Lipinski definition) is 1. The first-order chi connectivity index (χ1) is 9.70. The van der Waals surface area contributed by atoms with Crippen LogP contribution in [0.4, 0.5) is 5.69 Å². The molecule has 20 heavy (non-hydrogen) atoms. The molecular formula is C16H18N2OS. The van der Waals surface area contributed by atoms with E-state index in [9.17, 15) is 0 Å². The molecule has 0 bridgehead atoms. The van der Waals surface area contributed by atoms with Crippen LogP contribution in [-0.2, 0) is 0 Å². The predicted molar refractivity (Wildman–Crippen MR) is 83.1 cm³/mol. The van der Waals surface area contributed by atoms with Gasteiger partial charge in [-0.05, 0) is 41.6 Å².